The van der Waals surface area contributed by atoms with Crippen molar-refractivity contribution in [1.82, 2.24) is 14.9 Å². The highest BCUT2D eigenvalue weighted by molar-refractivity contribution is 5.93. The molecule has 0 aliphatic carbocycles. The van der Waals surface area contributed by atoms with E-state index in [9.17, 15) is 4.79 Å². The second-order valence-electron chi connectivity index (χ2n) is 6.16. The second-order valence-corrected chi connectivity index (χ2v) is 6.16. The van der Waals surface area contributed by atoms with Crippen molar-refractivity contribution in [3.63, 3.8) is 0 Å². The number of nitriles is 1. The number of hydrogen-bond acceptors (Lipinski definition) is 5. The fourth-order valence-corrected chi connectivity index (χ4v) is 3.20. The Balaban J connectivity index is 1.78. The molecule has 1 aliphatic heterocycles. The largest absolute Gasteiger partial charge is 0.340 e. The van der Waals surface area contributed by atoms with Crippen molar-refractivity contribution in [2.45, 2.75) is 38.6 Å². The number of carbonyl (C=O) groups is 1. The summed E-state index contributed by atoms with van der Waals surface area (Å²) < 4.78 is 0. The molecule has 1 aromatic heterocycles. The number of piperidine rings is 1. The van der Waals surface area contributed by atoms with E-state index in [-0.39, 0.29) is 5.91 Å². The van der Waals surface area contributed by atoms with Crippen LogP contribution in [-0.4, -0.2) is 33.4 Å². The number of nitrogens with one attached hydrogen (secondary N) is 1. The zero-order chi connectivity index (χ0) is 17.6. The van der Waals surface area contributed by atoms with Crippen molar-refractivity contribution in [3.8, 4) is 6.07 Å². The highest BCUT2D eigenvalue weighted by atomic mass is 16.2. The number of nitrogens with zero attached hydrogens (tertiary/aromatic N) is 4. The van der Waals surface area contributed by atoms with E-state index in [1.54, 1.807) is 24.3 Å². The summed E-state index contributed by atoms with van der Waals surface area (Å²) >= 11 is 0. The van der Waals surface area contributed by atoms with Gasteiger partial charge in [-0.1, -0.05) is 13.0 Å². The predicted molar refractivity (Wildman–Crippen MR) is 95.4 cm³/mol. The van der Waals surface area contributed by atoms with E-state index < -0.39 is 0 Å². The normalized spacial score (nSPS) is 17.0. The van der Waals surface area contributed by atoms with Crippen LogP contribution in [-0.2, 0) is 0 Å². The van der Waals surface area contributed by atoms with Gasteiger partial charge in [-0.05, 0) is 43.9 Å². The molecule has 1 atom stereocenters. The standard InChI is InChI=1S/C19H21N5O/c1-2-16-8-3-4-9-24(16)19(25)17-11-18(22-13-21-17)23-15-7-5-6-14(10-15)12-20/h5-7,10-11,13,16H,2-4,8-9H2,1H3,(H,21,22,23). The molecule has 1 aliphatic rings. The van der Waals surface area contributed by atoms with E-state index in [4.69, 9.17) is 5.26 Å². The molecule has 25 heavy (non-hydrogen) atoms. The van der Waals surface area contributed by atoms with E-state index in [0.29, 0.717) is 23.1 Å². The molecule has 1 fully saturated rings. The van der Waals surface area contributed by atoms with Gasteiger partial charge in [0.15, 0.2) is 0 Å². The number of benzene rings is 1. The van der Waals surface area contributed by atoms with Crippen LogP contribution in [0.5, 0.6) is 0 Å². The first-order chi connectivity index (χ1) is 12.2. The molecule has 1 aromatic carbocycles. The topological polar surface area (TPSA) is 81.9 Å². The molecular formula is C19H21N5O. The highest BCUT2D eigenvalue weighted by Crippen LogP contribution is 2.22. The van der Waals surface area contributed by atoms with Gasteiger partial charge in [-0.3, -0.25) is 4.79 Å². The molecule has 0 saturated carbocycles. The molecule has 6 heteroatoms. The van der Waals surface area contributed by atoms with Gasteiger partial charge in [0.25, 0.3) is 5.91 Å². The molecule has 2 heterocycles. The summed E-state index contributed by atoms with van der Waals surface area (Å²) in [5.74, 6) is 0.501. The van der Waals surface area contributed by atoms with Crippen molar-refractivity contribution in [3.05, 3.63) is 47.9 Å². The van der Waals surface area contributed by atoms with E-state index >= 15 is 0 Å². The van der Waals surface area contributed by atoms with Gasteiger partial charge < -0.3 is 10.2 Å². The maximum Gasteiger partial charge on any atom is 0.272 e. The summed E-state index contributed by atoms with van der Waals surface area (Å²) in [5.41, 5.74) is 1.71. The lowest BCUT2D eigenvalue weighted by Crippen LogP contribution is -2.43. The second kappa shape index (κ2) is 7.75. The third-order valence-electron chi connectivity index (χ3n) is 4.51. The Morgan fingerprint density at radius 3 is 3.04 bits per heavy atom. The number of anilines is 2. The number of rotatable bonds is 4. The Morgan fingerprint density at radius 2 is 2.24 bits per heavy atom. The molecular weight excluding hydrogens is 314 g/mol. The Hall–Kier alpha value is -2.94. The van der Waals surface area contributed by atoms with Crippen LogP contribution in [0, 0.1) is 11.3 Å². The molecule has 0 bridgehead atoms. The third kappa shape index (κ3) is 3.94. The molecule has 2 aromatic rings. The van der Waals surface area contributed by atoms with Crippen molar-refractivity contribution >= 4 is 17.4 Å². The number of carbonyl (C=O) groups excluding carboxylic acids is 1. The number of likely N-dealkylation sites (tertiary alicyclic amines) is 1. The van der Waals surface area contributed by atoms with Crippen molar-refractivity contribution < 1.29 is 4.79 Å². The lowest BCUT2D eigenvalue weighted by molar-refractivity contribution is 0.0602. The first-order valence-corrected chi connectivity index (χ1v) is 8.61. The molecule has 0 radical (unpaired) electrons. The molecule has 1 N–H and O–H groups in total. The van der Waals surface area contributed by atoms with Crippen molar-refractivity contribution in [1.29, 1.82) is 5.26 Å². The van der Waals surface area contributed by atoms with Gasteiger partial charge in [-0.25, -0.2) is 9.97 Å². The van der Waals surface area contributed by atoms with Crippen LogP contribution in [0.4, 0.5) is 11.5 Å². The fraction of sp³-hybridized carbons (Fsp3) is 0.368. The molecule has 1 amide bonds. The van der Waals surface area contributed by atoms with Crippen LogP contribution in [0.15, 0.2) is 36.7 Å². The summed E-state index contributed by atoms with van der Waals surface area (Å²) in [6.45, 7) is 2.90. The Labute approximate surface area is 147 Å². The Kier molecular flexibility index (Phi) is 5.24. The van der Waals surface area contributed by atoms with E-state index in [1.807, 2.05) is 11.0 Å². The summed E-state index contributed by atoms with van der Waals surface area (Å²) in [6, 6.07) is 11.2. The Morgan fingerprint density at radius 1 is 1.36 bits per heavy atom. The van der Waals surface area contributed by atoms with Gasteiger partial charge >= 0.3 is 0 Å². The monoisotopic (exact) mass is 335 g/mol. The van der Waals surface area contributed by atoms with Crippen LogP contribution in [0.2, 0.25) is 0 Å². The van der Waals surface area contributed by atoms with Crippen LogP contribution < -0.4 is 5.32 Å². The summed E-state index contributed by atoms with van der Waals surface area (Å²) in [7, 11) is 0. The maximum atomic E-state index is 12.8. The smallest absolute Gasteiger partial charge is 0.272 e. The average Bonchev–Trinajstić information content (AvgIpc) is 2.67. The van der Waals surface area contributed by atoms with Crippen LogP contribution in [0.1, 0.15) is 48.7 Å². The van der Waals surface area contributed by atoms with Crippen molar-refractivity contribution in [2.24, 2.45) is 0 Å². The summed E-state index contributed by atoms with van der Waals surface area (Å²) in [6.07, 6.45) is 5.63. The minimum Gasteiger partial charge on any atom is -0.340 e. The Bertz CT molecular complexity index is 798. The first kappa shape index (κ1) is 16.9. The van der Waals surface area contributed by atoms with Crippen molar-refractivity contribution in [2.75, 3.05) is 11.9 Å². The van der Waals surface area contributed by atoms with Gasteiger partial charge in [0.05, 0.1) is 11.6 Å². The van der Waals surface area contributed by atoms with Gasteiger partial charge in [-0.15, -0.1) is 0 Å². The minimum atomic E-state index is -0.0391. The van der Waals surface area contributed by atoms with Gasteiger partial charge in [0, 0.05) is 24.3 Å². The molecule has 6 nitrogen and oxygen atoms in total. The zero-order valence-corrected chi connectivity index (χ0v) is 14.3. The van der Waals surface area contributed by atoms with Crippen LogP contribution in [0.3, 0.4) is 0 Å². The lowest BCUT2D eigenvalue weighted by Gasteiger charge is -2.35. The first-order valence-electron chi connectivity index (χ1n) is 8.61. The summed E-state index contributed by atoms with van der Waals surface area (Å²) in [4.78, 5) is 23.1. The lowest BCUT2D eigenvalue weighted by atomic mass is 9.99. The number of amides is 1. The van der Waals surface area contributed by atoms with Crippen LogP contribution >= 0.6 is 0 Å². The number of hydrogen-bond donors (Lipinski definition) is 1. The van der Waals surface area contributed by atoms with E-state index in [1.165, 1.54) is 12.7 Å². The van der Waals surface area contributed by atoms with E-state index in [2.05, 4.69) is 28.3 Å². The number of aromatic nitrogens is 2. The molecule has 0 spiro atoms. The molecule has 1 saturated heterocycles. The highest BCUT2D eigenvalue weighted by Gasteiger charge is 2.27. The molecule has 3 rings (SSSR count). The minimum absolute atomic E-state index is 0.0391. The van der Waals surface area contributed by atoms with Gasteiger partial charge in [0.2, 0.25) is 0 Å². The summed E-state index contributed by atoms with van der Waals surface area (Å²) in [5, 5.41) is 12.1. The maximum absolute atomic E-state index is 12.8. The zero-order valence-electron chi connectivity index (χ0n) is 14.3. The average molecular weight is 335 g/mol. The fourth-order valence-electron chi connectivity index (χ4n) is 3.20. The quantitative estimate of drug-likeness (QED) is 0.925. The molecule has 128 valence electrons. The molecule has 1 unspecified atom stereocenters. The van der Waals surface area contributed by atoms with Gasteiger partial charge in [0.1, 0.15) is 17.8 Å². The third-order valence-corrected chi connectivity index (χ3v) is 4.51. The predicted octanol–water partition coefficient (Wildman–Crippen LogP) is 3.50. The van der Waals surface area contributed by atoms with Gasteiger partial charge in [-0.2, -0.15) is 5.26 Å². The van der Waals surface area contributed by atoms with E-state index in [0.717, 1.165) is 31.5 Å². The van der Waals surface area contributed by atoms with Crippen LogP contribution in [0.25, 0.3) is 0 Å². The SMILES string of the molecule is CCC1CCCCN1C(=O)c1cc(Nc2cccc(C#N)c2)ncn1.